The maximum atomic E-state index is 12.3. The molecule has 0 saturated heterocycles. The summed E-state index contributed by atoms with van der Waals surface area (Å²) in [6.45, 7) is 11.7. The number of aromatic nitrogens is 2. The Hall–Kier alpha value is -0.920. The molecule has 0 aromatic carbocycles. The van der Waals surface area contributed by atoms with E-state index in [-0.39, 0.29) is 11.1 Å². The third-order valence-corrected chi connectivity index (χ3v) is 4.15. The summed E-state index contributed by atoms with van der Waals surface area (Å²) in [5.74, 6) is 0. The molecule has 7 heteroatoms. The molecule has 0 aliphatic carbocycles. The first-order chi connectivity index (χ1) is 8.53. The van der Waals surface area contributed by atoms with Crippen LogP contribution < -0.4 is 10.0 Å². The van der Waals surface area contributed by atoms with E-state index in [4.69, 9.17) is 0 Å². The van der Waals surface area contributed by atoms with Crippen LogP contribution in [0.3, 0.4) is 0 Å². The quantitative estimate of drug-likeness (QED) is 0.762. The van der Waals surface area contributed by atoms with Crippen LogP contribution in [0.4, 0.5) is 0 Å². The third-order valence-electron chi connectivity index (χ3n) is 2.42. The smallest absolute Gasteiger partial charge is 0.260 e. The molecule has 1 aromatic heterocycles. The first kappa shape index (κ1) is 16.1. The predicted molar refractivity (Wildman–Crippen MR) is 75.4 cm³/mol. The molecule has 0 saturated carbocycles. The maximum absolute atomic E-state index is 12.3. The van der Waals surface area contributed by atoms with Crippen LogP contribution in [-0.4, -0.2) is 30.2 Å². The van der Waals surface area contributed by atoms with Gasteiger partial charge in [-0.25, -0.2) is 13.1 Å². The van der Waals surface area contributed by atoms with Gasteiger partial charge in [-0.3, -0.25) is 5.10 Å². The van der Waals surface area contributed by atoms with Gasteiger partial charge in [0.2, 0.25) is 0 Å². The van der Waals surface area contributed by atoms with E-state index < -0.39 is 15.6 Å². The molecule has 0 atom stereocenters. The number of hydrogen-bond donors (Lipinski definition) is 3. The minimum absolute atomic E-state index is 0.0769. The normalized spacial score (nSPS) is 13.2. The van der Waals surface area contributed by atoms with Crippen molar-refractivity contribution >= 4 is 10.0 Å². The number of aryl methyl sites for hydroxylation is 1. The maximum Gasteiger partial charge on any atom is 0.260 e. The van der Waals surface area contributed by atoms with Crippen LogP contribution in [0.15, 0.2) is 5.03 Å². The average Bonchev–Trinajstić information content (AvgIpc) is 2.53. The Morgan fingerprint density at radius 2 is 1.89 bits per heavy atom. The fraction of sp³-hybridized carbons (Fsp3) is 0.750. The summed E-state index contributed by atoms with van der Waals surface area (Å²) in [5, 5.41) is 9.97. The van der Waals surface area contributed by atoms with Crippen LogP contribution in [0.5, 0.6) is 0 Å². The molecule has 0 bridgehead atoms. The van der Waals surface area contributed by atoms with E-state index in [9.17, 15) is 8.42 Å². The summed E-state index contributed by atoms with van der Waals surface area (Å²) >= 11 is 0. The molecule has 1 rings (SSSR count). The van der Waals surface area contributed by atoms with Crippen molar-refractivity contribution in [2.75, 3.05) is 0 Å². The molecule has 19 heavy (non-hydrogen) atoms. The van der Waals surface area contributed by atoms with Crippen molar-refractivity contribution in [3.8, 4) is 0 Å². The van der Waals surface area contributed by atoms with Gasteiger partial charge < -0.3 is 5.32 Å². The highest BCUT2D eigenvalue weighted by atomic mass is 32.2. The van der Waals surface area contributed by atoms with E-state index in [2.05, 4.69) is 20.2 Å². The standard InChI is InChI=1S/C12H24N4O2S/c1-8(2)13-7-10-9(3)14-15-11(10)19(17,18)16-12(4,5)6/h8,13,16H,7H2,1-6H3,(H,14,15). The van der Waals surface area contributed by atoms with Crippen molar-refractivity contribution in [1.29, 1.82) is 0 Å². The van der Waals surface area contributed by atoms with E-state index >= 15 is 0 Å². The molecule has 6 nitrogen and oxygen atoms in total. The summed E-state index contributed by atoms with van der Waals surface area (Å²) in [4.78, 5) is 0. The number of rotatable bonds is 5. The number of nitrogens with one attached hydrogen (secondary N) is 3. The van der Waals surface area contributed by atoms with Gasteiger partial charge in [0.15, 0.2) is 5.03 Å². The Balaban J connectivity index is 3.07. The van der Waals surface area contributed by atoms with E-state index in [1.807, 2.05) is 20.8 Å². The molecule has 110 valence electrons. The van der Waals surface area contributed by atoms with Crippen LogP contribution >= 0.6 is 0 Å². The van der Waals surface area contributed by atoms with Crippen molar-refractivity contribution in [2.24, 2.45) is 0 Å². The first-order valence-corrected chi connectivity index (χ1v) is 7.82. The topological polar surface area (TPSA) is 86.9 Å². The van der Waals surface area contributed by atoms with Crippen molar-refractivity contribution in [3.63, 3.8) is 0 Å². The molecule has 0 unspecified atom stereocenters. The van der Waals surface area contributed by atoms with E-state index in [0.717, 1.165) is 5.69 Å². The fourth-order valence-electron chi connectivity index (χ4n) is 1.62. The van der Waals surface area contributed by atoms with Gasteiger partial charge in [-0.2, -0.15) is 5.10 Å². The van der Waals surface area contributed by atoms with Gasteiger partial charge in [0.05, 0.1) is 0 Å². The highest BCUT2D eigenvalue weighted by Gasteiger charge is 2.27. The second-order valence-electron chi connectivity index (χ2n) is 6.02. The SMILES string of the molecule is Cc1[nH]nc(S(=O)(=O)NC(C)(C)C)c1CNC(C)C. The van der Waals surface area contributed by atoms with Gasteiger partial charge in [-0.1, -0.05) is 13.8 Å². The average molecular weight is 288 g/mol. The molecule has 0 spiro atoms. The summed E-state index contributed by atoms with van der Waals surface area (Å²) < 4.78 is 27.2. The van der Waals surface area contributed by atoms with Gasteiger partial charge in [0, 0.05) is 29.4 Å². The highest BCUT2D eigenvalue weighted by Crippen LogP contribution is 2.18. The van der Waals surface area contributed by atoms with Gasteiger partial charge >= 0.3 is 0 Å². The van der Waals surface area contributed by atoms with Crippen molar-refractivity contribution in [3.05, 3.63) is 11.3 Å². The molecule has 1 heterocycles. The molecular formula is C12H24N4O2S. The molecule has 0 aliphatic heterocycles. The Morgan fingerprint density at radius 3 is 2.37 bits per heavy atom. The number of hydrogen-bond acceptors (Lipinski definition) is 4. The van der Waals surface area contributed by atoms with Crippen LogP contribution in [0.25, 0.3) is 0 Å². The zero-order chi connectivity index (χ0) is 14.8. The summed E-state index contributed by atoms with van der Waals surface area (Å²) in [6, 6.07) is 0.278. The lowest BCUT2D eigenvalue weighted by Gasteiger charge is -2.20. The van der Waals surface area contributed by atoms with Crippen molar-refractivity contribution in [2.45, 2.75) is 64.7 Å². The molecule has 0 amide bonds. The highest BCUT2D eigenvalue weighted by molar-refractivity contribution is 7.89. The van der Waals surface area contributed by atoms with E-state index in [1.54, 1.807) is 20.8 Å². The second kappa shape index (κ2) is 5.60. The Morgan fingerprint density at radius 1 is 1.32 bits per heavy atom. The minimum atomic E-state index is -3.61. The second-order valence-corrected chi connectivity index (χ2v) is 7.62. The van der Waals surface area contributed by atoms with Gasteiger partial charge in [-0.05, 0) is 27.7 Å². The lowest BCUT2D eigenvalue weighted by molar-refractivity contribution is 0.488. The lowest BCUT2D eigenvalue weighted by Crippen LogP contribution is -2.41. The summed E-state index contributed by atoms with van der Waals surface area (Å²) in [5.41, 5.74) is 0.918. The summed E-state index contributed by atoms with van der Waals surface area (Å²) in [7, 11) is -3.61. The van der Waals surface area contributed by atoms with E-state index in [1.165, 1.54) is 0 Å². The van der Waals surface area contributed by atoms with Gasteiger partial charge in [0.1, 0.15) is 0 Å². The number of nitrogens with zero attached hydrogens (tertiary/aromatic N) is 1. The molecule has 1 aromatic rings. The van der Waals surface area contributed by atoms with E-state index in [0.29, 0.717) is 12.1 Å². The molecular weight excluding hydrogens is 264 g/mol. The Kier molecular flexibility index (Phi) is 4.76. The number of sulfonamides is 1. The molecule has 0 radical (unpaired) electrons. The molecule has 0 fully saturated rings. The monoisotopic (exact) mass is 288 g/mol. The van der Waals surface area contributed by atoms with Gasteiger partial charge in [0.25, 0.3) is 10.0 Å². The molecule has 3 N–H and O–H groups in total. The largest absolute Gasteiger partial charge is 0.310 e. The Bertz CT molecular complexity index is 526. The number of aromatic amines is 1. The van der Waals surface area contributed by atoms with Crippen LogP contribution in [0.2, 0.25) is 0 Å². The third kappa shape index (κ3) is 4.59. The zero-order valence-electron chi connectivity index (χ0n) is 12.5. The first-order valence-electron chi connectivity index (χ1n) is 6.34. The summed E-state index contributed by atoms with van der Waals surface area (Å²) in [6.07, 6.45) is 0. The number of H-pyrrole nitrogens is 1. The van der Waals surface area contributed by atoms with Crippen LogP contribution in [0.1, 0.15) is 45.9 Å². The fourth-order valence-corrected chi connectivity index (χ4v) is 3.24. The zero-order valence-corrected chi connectivity index (χ0v) is 13.3. The van der Waals surface area contributed by atoms with Gasteiger partial charge in [-0.15, -0.1) is 0 Å². The van der Waals surface area contributed by atoms with Crippen LogP contribution in [-0.2, 0) is 16.6 Å². The Labute approximate surface area is 115 Å². The molecule has 0 aliphatic rings. The van der Waals surface area contributed by atoms with Crippen molar-refractivity contribution < 1.29 is 8.42 Å². The van der Waals surface area contributed by atoms with Crippen LogP contribution in [0, 0.1) is 6.92 Å². The van der Waals surface area contributed by atoms with Crippen molar-refractivity contribution in [1.82, 2.24) is 20.2 Å². The lowest BCUT2D eigenvalue weighted by atomic mass is 10.1. The minimum Gasteiger partial charge on any atom is -0.310 e. The predicted octanol–water partition coefficient (Wildman–Crippen LogP) is 1.29.